The van der Waals surface area contributed by atoms with Crippen molar-refractivity contribution in [3.63, 3.8) is 0 Å². The van der Waals surface area contributed by atoms with Gasteiger partial charge in [0.2, 0.25) is 5.91 Å². The minimum atomic E-state index is 0.262. The lowest BCUT2D eigenvalue weighted by Crippen LogP contribution is -2.46. The maximum atomic E-state index is 12.7. The second kappa shape index (κ2) is 8.53. The van der Waals surface area contributed by atoms with E-state index < -0.39 is 0 Å². The number of hydrogen-bond acceptors (Lipinski definition) is 4. The molecule has 0 unspecified atom stereocenters. The van der Waals surface area contributed by atoms with Gasteiger partial charge >= 0.3 is 0 Å². The smallest absolute Gasteiger partial charge is 0.236 e. The minimum absolute atomic E-state index is 0.262. The van der Waals surface area contributed by atoms with E-state index in [1.165, 1.54) is 31.2 Å². The molecule has 0 bridgehead atoms. The summed E-state index contributed by atoms with van der Waals surface area (Å²) in [6.45, 7) is 6.94. The summed E-state index contributed by atoms with van der Waals surface area (Å²) < 4.78 is 1.88. The number of nitrogens with zero attached hydrogens (tertiary/aromatic N) is 5. The van der Waals surface area contributed by atoms with Crippen molar-refractivity contribution in [1.29, 1.82) is 0 Å². The van der Waals surface area contributed by atoms with Crippen LogP contribution in [0.4, 0.5) is 0 Å². The molecule has 0 spiro atoms. The quantitative estimate of drug-likeness (QED) is 0.805. The van der Waals surface area contributed by atoms with Crippen LogP contribution in [0.15, 0.2) is 12.4 Å². The van der Waals surface area contributed by atoms with Gasteiger partial charge in [0, 0.05) is 38.4 Å². The summed E-state index contributed by atoms with van der Waals surface area (Å²) in [6.07, 6.45) is 8.90. The van der Waals surface area contributed by atoms with Gasteiger partial charge in [-0.3, -0.25) is 19.3 Å². The molecule has 6 heteroatoms. The van der Waals surface area contributed by atoms with E-state index in [1.807, 2.05) is 29.9 Å². The lowest BCUT2D eigenvalue weighted by Gasteiger charge is -2.40. The van der Waals surface area contributed by atoms with E-state index in [9.17, 15) is 4.79 Å². The average Bonchev–Trinajstić information content (AvgIpc) is 3.03. The van der Waals surface area contributed by atoms with Gasteiger partial charge in [-0.15, -0.1) is 0 Å². The number of likely N-dealkylation sites (N-methyl/N-ethyl adjacent to an activating group) is 1. The fourth-order valence-electron chi connectivity index (χ4n) is 4.56. The van der Waals surface area contributed by atoms with Gasteiger partial charge in [-0.25, -0.2) is 0 Å². The van der Waals surface area contributed by atoms with Crippen molar-refractivity contribution in [2.45, 2.75) is 38.6 Å². The van der Waals surface area contributed by atoms with E-state index in [2.05, 4.69) is 35.1 Å². The van der Waals surface area contributed by atoms with Gasteiger partial charge in [0.25, 0.3) is 0 Å². The lowest BCUT2D eigenvalue weighted by molar-refractivity contribution is -0.132. The second-order valence-electron chi connectivity index (χ2n) is 8.51. The van der Waals surface area contributed by atoms with Crippen molar-refractivity contribution in [3.05, 3.63) is 18.0 Å². The first-order chi connectivity index (χ1) is 12.4. The van der Waals surface area contributed by atoms with Crippen LogP contribution >= 0.6 is 0 Å². The zero-order valence-electron chi connectivity index (χ0n) is 16.9. The fraction of sp³-hybridized carbons (Fsp3) is 0.800. The highest BCUT2D eigenvalue weighted by atomic mass is 16.2. The Kier molecular flexibility index (Phi) is 6.35. The third kappa shape index (κ3) is 4.65. The van der Waals surface area contributed by atoms with Crippen molar-refractivity contribution in [1.82, 2.24) is 24.5 Å². The molecule has 1 aromatic rings. The molecule has 0 aliphatic carbocycles. The fourth-order valence-corrected chi connectivity index (χ4v) is 4.56. The Bertz CT molecular complexity index is 593. The highest BCUT2D eigenvalue weighted by Gasteiger charge is 2.33. The largest absolute Gasteiger partial charge is 0.344 e. The number of aryl methyl sites for hydroxylation is 1. The van der Waals surface area contributed by atoms with Crippen LogP contribution in [0, 0.1) is 11.8 Å². The summed E-state index contributed by atoms with van der Waals surface area (Å²) in [6, 6.07) is 0.350. The lowest BCUT2D eigenvalue weighted by atomic mass is 9.85. The Hall–Kier alpha value is -1.40. The van der Waals surface area contributed by atoms with Crippen LogP contribution in [0.5, 0.6) is 0 Å². The van der Waals surface area contributed by atoms with Crippen molar-refractivity contribution < 1.29 is 4.79 Å². The molecule has 2 aliphatic rings. The normalized spacial score (nSPS) is 26.2. The molecule has 2 saturated heterocycles. The molecule has 0 saturated carbocycles. The molecule has 0 radical (unpaired) electrons. The highest BCUT2D eigenvalue weighted by molar-refractivity contribution is 5.78. The zero-order valence-corrected chi connectivity index (χ0v) is 16.9. The van der Waals surface area contributed by atoms with Crippen molar-refractivity contribution in [2.75, 3.05) is 46.8 Å². The van der Waals surface area contributed by atoms with E-state index >= 15 is 0 Å². The Morgan fingerprint density at radius 2 is 1.96 bits per heavy atom. The third-order valence-corrected chi connectivity index (χ3v) is 6.24. The van der Waals surface area contributed by atoms with Crippen LogP contribution in [0.1, 0.15) is 44.2 Å². The number of carbonyl (C=O) groups is 1. The summed E-state index contributed by atoms with van der Waals surface area (Å²) in [7, 11) is 6.14. The Balaban J connectivity index is 1.59. The first-order valence-electron chi connectivity index (χ1n) is 10.1. The van der Waals surface area contributed by atoms with Crippen LogP contribution < -0.4 is 0 Å². The first kappa shape index (κ1) is 19.4. The van der Waals surface area contributed by atoms with E-state index in [0.717, 1.165) is 32.1 Å². The van der Waals surface area contributed by atoms with Gasteiger partial charge in [0.15, 0.2) is 0 Å². The van der Waals surface area contributed by atoms with Gasteiger partial charge < -0.3 is 4.90 Å². The monoisotopic (exact) mass is 361 g/mol. The molecular formula is C20H35N5O. The van der Waals surface area contributed by atoms with Gasteiger partial charge in [-0.05, 0) is 64.2 Å². The Labute approximate surface area is 158 Å². The molecule has 6 nitrogen and oxygen atoms in total. The van der Waals surface area contributed by atoms with Crippen LogP contribution in [0.25, 0.3) is 0 Å². The van der Waals surface area contributed by atoms with Gasteiger partial charge in [0.05, 0.1) is 12.7 Å². The summed E-state index contributed by atoms with van der Waals surface area (Å²) in [4.78, 5) is 19.5. The van der Waals surface area contributed by atoms with E-state index in [-0.39, 0.29) is 5.91 Å². The number of piperidine rings is 2. The van der Waals surface area contributed by atoms with Crippen LogP contribution in [0.2, 0.25) is 0 Å². The van der Waals surface area contributed by atoms with Crippen LogP contribution in [-0.2, 0) is 11.8 Å². The van der Waals surface area contributed by atoms with Crippen molar-refractivity contribution in [2.24, 2.45) is 18.9 Å². The zero-order chi connectivity index (χ0) is 18.7. The molecule has 1 amide bonds. The minimum Gasteiger partial charge on any atom is -0.344 e. The van der Waals surface area contributed by atoms with E-state index in [1.54, 1.807) is 0 Å². The van der Waals surface area contributed by atoms with Crippen LogP contribution in [-0.4, -0.2) is 77.2 Å². The predicted molar refractivity (Wildman–Crippen MR) is 104 cm³/mol. The first-order valence-corrected chi connectivity index (χ1v) is 10.1. The molecule has 146 valence electrons. The topological polar surface area (TPSA) is 44.6 Å². The standard InChI is InChI=1S/C20H35N5O/c1-16-7-10-25(11-8-16)15-19(26)23(3)13-17-6-5-9-22(2)20(17)18-12-21-24(4)14-18/h12,14,16-17,20H,5-11,13,15H2,1-4H3/t17-,20+/m0/s1. The number of amides is 1. The third-order valence-electron chi connectivity index (χ3n) is 6.24. The highest BCUT2D eigenvalue weighted by Crippen LogP contribution is 2.35. The van der Waals surface area contributed by atoms with Gasteiger partial charge in [0.1, 0.15) is 0 Å². The molecule has 2 atom stereocenters. The molecule has 2 aliphatic heterocycles. The second-order valence-corrected chi connectivity index (χ2v) is 8.51. The summed E-state index contributed by atoms with van der Waals surface area (Å²) >= 11 is 0. The van der Waals surface area contributed by atoms with Crippen molar-refractivity contribution >= 4 is 5.91 Å². The summed E-state index contributed by atoms with van der Waals surface area (Å²) in [5, 5.41) is 4.36. The summed E-state index contributed by atoms with van der Waals surface area (Å²) in [5.41, 5.74) is 1.27. The molecule has 0 N–H and O–H groups in total. The van der Waals surface area contributed by atoms with Gasteiger partial charge in [-0.1, -0.05) is 6.92 Å². The number of likely N-dealkylation sites (tertiary alicyclic amines) is 2. The van der Waals surface area contributed by atoms with Crippen molar-refractivity contribution in [3.8, 4) is 0 Å². The van der Waals surface area contributed by atoms with Gasteiger partial charge in [-0.2, -0.15) is 5.10 Å². The maximum Gasteiger partial charge on any atom is 0.236 e. The van der Waals surface area contributed by atoms with E-state index in [4.69, 9.17) is 0 Å². The van der Waals surface area contributed by atoms with E-state index in [0.29, 0.717) is 18.5 Å². The molecule has 26 heavy (non-hydrogen) atoms. The number of rotatable bonds is 5. The molecule has 1 aromatic heterocycles. The average molecular weight is 362 g/mol. The Morgan fingerprint density at radius 3 is 2.62 bits per heavy atom. The number of hydrogen-bond donors (Lipinski definition) is 0. The van der Waals surface area contributed by atoms with Crippen LogP contribution in [0.3, 0.4) is 0 Å². The predicted octanol–water partition coefficient (Wildman–Crippen LogP) is 1.99. The number of aromatic nitrogens is 2. The molecule has 3 rings (SSSR count). The maximum absolute atomic E-state index is 12.7. The summed E-state index contributed by atoms with van der Waals surface area (Å²) in [5.74, 6) is 1.53. The number of carbonyl (C=O) groups excluding carboxylic acids is 1. The Morgan fingerprint density at radius 1 is 1.23 bits per heavy atom. The molecular weight excluding hydrogens is 326 g/mol. The SMILES string of the molecule is CC1CCN(CC(=O)N(C)C[C@@H]2CCCN(C)[C@H]2c2cnn(C)c2)CC1. The molecule has 0 aromatic carbocycles. The molecule has 2 fully saturated rings. The molecule has 3 heterocycles.